The minimum atomic E-state index is 0.0301. The fourth-order valence-corrected chi connectivity index (χ4v) is 7.39. The standard InChI is InChI=1S/C23H28N2.C17H20N2O2/c1-16(2)18-6-8-19(9-7-18)22(21-10-5-17(3)13-24-21)20-11-23(12-20)14-25(4)15-23;1-12(20)15-9-16(11-18-10-15)13-5-7-19(8-6-13)17(21)14-3-2-4-14/h5-10,13,16H,11-12,14-15H2,1-4H3;5,9-11,14H,2-4,6-8H2,1H3. The Hall–Kier alpha value is -3.90. The number of aromatic nitrogens is 2. The first kappa shape index (κ1) is 32.1. The van der Waals surface area contributed by atoms with Gasteiger partial charge in [-0.2, -0.15) is 0 Å². The molecule has 6 heteroatoms. The predicted molar refractivity (Wildman–Crippen MR) is 185 cm³/mol. The normalized spacial score (nSPS) is 19.0. The minimum absolute atomic E-state index is 0.0301. The van der Waals surface area contributed by atoms with Crippen LogP contribution >= 0.6 is 0 Å². The van der Waals surface area contributed by atoms with E-state index in [0.29, 0.717) is 29.3 Å². The van der Waals surface area contributed by atoms with Crippen LogP contribution in [0.3, 0.4) is 0 Å². The quantitative estimate of drug-likeness (QED) is 0.265. The van der Waals surface area contributed by atoms with Gasteiger partial charge in [-0.3, -0.25) is 19.6 Å². The molecule has 4 aliphatic rings. The van der Waals surface area contributed by atoms with Crippen molar-refractivity contribution in [2.75, 3.05) is 33.2 Å². The van der Waals surface area contributed by atoms with Crippen molar-refractivity contribution in [3.8, 4) is 0 Å². The van der Waals surface area contributed by atoms with E-state index in [1.165, 1.54) is 60.2 Å². The van der Waals surface area contributed by atoms with E-state index in [-0.39, 0.29) is 11.7 Å². The van der Waals surface area contributed by atoms with Gasteiger partial charge >= 0.3 is 0 Å². The first-order valence-electron chi connectivity index (χ1n) is 17.0. The molecule has 2 aliphatic heterocycles. The van der Waals surface area contributed by atoms with Crippen LogP contribution in [0.25, 0.3) is 11.1 Å². The number of carbonyl (C=O) groups is 2. The van der Waals surface area contributed by atoms with Crippen LogP contribution in [-0.4, -0.2) is 64.7 Å². The van der Waals surface area contributed by atoms with Crippen LogP contribution in [0.5, 0.6) is 0 Å². The van der Waals surface area contributed by atoms with Gasteiger partial charge < -0.3 is 9.80 Å². The summed E-state index contributed by atoms with van der Waals surface area (Å²) in [5.74, 6) is 1.18. The minimum Gasteiger partial charge on any atom is -0.338 e. The van der Waals surface area contributed by atoms with Crippen molar-refractivity contribution in [1.82, 2.24) is 19.8 Å². The van der Waals surface area contributed by atoms with Gasteiger partial charge in [-0.05, 0) is 98.9 Å². The molecule has 4 heterocycles. The summed E-state index contributed by atoms with van der Waals surface area (Å²) in [6.07, 6.45) is 14.1. The molecule has 1 aromatic carbocycles. The largest absolute Gasteiger partial charge is 0.338 e. The molecule has 3 aromatic rings. The van der Waals surface area contributed by atoms with Crippen LogP contribution in [0, 0.1) is 18.3 Å². The summed E-state index contributed by atoms with van der Waals surface area (Å²) in [4.78, 5) is 36.9. The lowest BCUT2D eigenvalue weighted by molar-refractivity contribution is -0.137. The van der Waals surface area contributed by atoms with Gasteiger partial charge in [-0.15, -0.1) is 0 Å². The Kier molecular flexibility index (Phi) is 9.37. The van der Waals surface area contributed by atoms with Gasteiger partial charge in [0.15, 0.2) is 5.78 Å². The van der Waals surface area contributed by atoms with E-state index in [1.807, 2.05) is 17.2 Å². The molecule has 0 atom stereocenters. The molecule has 2 aromatic heterocycles. The van der Waals surface area contributed by atoms with E-state index in [0.717, 1.165) is 37.1 Å². The lowest BCUT2D eigenvalue weighted by atomic mass is 9.59. The molecule has 0 unspecified atom stereocenters. The monoisotopic (exact) mass is 616 g/mol. The molecule has 7 rings (SSSR count). The smallest absolute Gasteiger partial charge is 0.225 e. The Morgan fingerprint density at radius 2 is 1.70 bits per heavy atom. The second-order valence-electron chi connectivity index (χ2n) is 14.4. The average molecular weight is 617 g/mol. The van der Waals surface area contributed by atoms with E-state index in [1.54, 1.807) is 24.9 Å². The maximum Gasteiger partial charge on any atom is 0.225 e. The van der Waals surface area contributed by atoms with Crippen LogP contribution in [0.15, 0.2) is 72.7 Å². The first-order chi connectivity index (χ1) is 22.1. The van der Waals surface area contributed by atoms with Crippen molar-refractivity contribution in [2.45, 2.75) is 72.1 Å². The van der Waals surface area contributed by atoms with Crippen molar-refractivity contribution in [3.05, 3.63) is 106 Å². The van der Waals surface area contributed by atoms with Gasteiger partial charge in [-0.1, -0.05) is 62.2 Å². The molecule has 46 heavy (non-hydrogen) atoms. The molecule has 240 valence electrons. The number of pyridine rings is 2. The maximum atomic E-state index is 12.2. The zero-order valence-electron chi connectivity index (χ0n) is 28.2. The molecule has 0 radical (unpaired) electrons. The number of benzene rings is 1. The third-order valence-corrected chi connectivity index (χ3v) is 10.3. The number of amides is 1. The highest BCUT2D eigenvalue weighted by Gasteiger charge is 2.49. The number of nitrogens with zero attached hydrogens (tertiary/aromatic N) is 4. The lowest BCUT2D eigenvalue weighted by Crippen LogP contribution is -2.58. The molecular weight excluding hydrogens is 568 g/mol. The Labute approximate surface area is 274 Å². The summed E-state index contributed by atoms with van der Waals surface area (Å²) in [6.45, 7) is 12.1. The Bertz CT molecular complexity index is 1630. The van der Waals surface area contributed by atoms with Crippen molar-refractivity contribution in [3.63, 3.8) is 0 Å². The molecular formula is C40H48N4O2. The number of ketones is 1. The van der Waals surface area contributed by atoms with E-state index in [2.05, 4.69) is 80.2 Å². The van der Waals surface area contributed by atoms with Gasteiger partial charge in [-0.25, -0.2) is 0 Å². The summed E-state index contributed by atoms with van der Waals surface area (Å²) in [5.41, 5.74) is 11.4. The van der Waals surface area contributed by atoms with Gasteiger partial charge in [0.2, 0.25) is 5.91 Å². The lowest BCUT2D eigenvalue weighted by Gasteiger charge is -2.56. The van der Waals surface area contributed by atoms with Crippen LogP contribution in [0.1, 0.15) is 104 Å². The third-order valence-electron chi connectivity index (χ3n) is 10.3. The zero-order valence-corrected chi connectivity index (χ0v) is 28.2. The first-order valence-corrected chi connectivity index (χ1v) is 17.0. The molecule has 3 fully saturated rings. The molecule has 6 nitrogen and oxygen atoms in total. The molecule has 1 saturated heterocycles. The summed E-state index contributed by atoms with van der Waals surface area (Å²) in [5, 5.41) is 0. The highest BCUT2D eigenvalue weighted by molar-refractivity contribution is 5.94. The second-order valence-corrected chi connectivity index (χ2v) is 14.4. The topological polar surface area (TPSA) is 66.4 Å². The van der Waals surface area contributed by atoms with Gasteiger partial charge in [0.05, 0.1) is 5.69 Å². The van der Waals surface area contributed by atoms with Gasteiger partial charge in [0.25, 0.3) is 0 Å². The summed E-state index contributed by atoms with van der Waals surface area (Å²) in [6, 6.07) is 15.4. The molecule has 1 spiro atoms. The van der Waals surface area contributed by atoms with Crippen molar-refractivity contribution >= 4 is 22.8 Å². The van der Waals surface area contributed by atoms with Crippen molar-refractivity contribution in [1.29, 1.82) is 0 Å². The number of hydrogen-bond donors (Lipinski definition) is 0. The molecule has 2 aliphatic carbocycles. The van der Waals surface area contributed by atoms with E-state index in [9.17, 15) is 9.59 Å². The summed E-state index contributed by atoms with van der Waals surface area (Å²) >= 11 is 0. The van der Waals surface area contributed by atoms with Crippen LogP contribution in [0.2, 0.25) is 0 Å². The van der Waals surface area contributed by atoms with E-state index in [4.69, 9.17) is 4.98 Å². The highest BCUT2D eigenvalue weighted by atomic mass is 16.2. The zero-order chi connectivity index (χ0) is 32.4. The number of rotatable bonds is 6. The van der Waals surface area contributed by atoms with Gasteiger partial charge in [0.1, 0.15) is 0 Å². The number of carbonyl (C=O) groups excluding carboxylic acids is 2. The Morgan fingerprint density at radius 3 is 2.24 bits per heavy atom. The third kappa shape index (κ3) is 6.92. The SMILES string of the molecule is CC(=O)c1cncc(C2=CCN(C(=O)C3CCC3)CC2)c1.Cc1ccc(C(=C2CC3(C2)CN(C)C3)c2ccc(C(C)C)cc2)nc1. The average Bonchev–Trinajstić information content (AvgIpc) is 3.00. The van der Waals surface area contributed by atoms with Crippen LogP contribution in [-0.2, 0) is 4.79 Å². The van der Waals surface area contributed by atoms with E-state index < -0.39 is 0 Å². The fourth-order valence-electron chi connectivity index (χ4n) is 7.39. The molecule has 1 amide bonds. The number of aryl methyl sites for hydroxylation is 1. The van der Waals surface area contributed by atoms with Crippen molar-refractivity contribution < 1.29 is 9.59 Å². The number of hydrogen-bond acceptors (Lipinski definition) is 5. The maximum absolute atomic E-state index is 12.2. The number of Topliss-reactive ketones (excluding diaryl/α,β-unsaturated/α-hetero) is 1. The highest BCUT2D eigenvalue weighted by Crippen LogP contribution is 2.54. The van der Waals surface area contributed by atoms with Gasteiger partial charge in [0, 0.05) is 67.2 Å². The predicted octanol–water partition coefficient (Wildman–Crippen LogP) is 7.74. The number of likely N-dealkylation sites (tertiary alicyclic amines) is 1. The summed E-state index contributed by atoms with van der Waals surface area (Å²) < 4.78 is 0. The van der Waals surface area contributed by atoms with Crippen LogP contribution < -0.4 is 0 Å². The molecule has 0 N–H and O–H groups in total. The fraction of sp³-hybridized carbons (Fsp3) is 0.450. The Morgan fingerprint density at radius 1 is 0.957 bits per heavy atom. The second kappa shape index (κ2) is 13.4. The molecule has 0 bridgehead atoms. The molecule has 2 saturated carbocycles. The number of allylic oxidation sites excluding steroid dienone is 1. The van der Waals surface area contributed by atoms with Crippen LogP contribution in [0.4, 0.5) is 0 Å². The van der Waals surface area contributed by atoms with Crippen molar-refractivity contribution in [2.24, 2.45) is 11.3 Å². The summed E-state index contributed by atoms with van der Waals surface area (Å²) in [7, 11) is 2.22. The van der Waals surface area contributed by atoms with E-state index >= 15 is 0 Å². The Balaban J connectivity index is 0.000000164.